The van der Waals surface area contributed by atoms with Crippen molar-refractivity contribution in [1.29, 1.82) is 0 Å². The average Bonchev–Trinajstić information content (AvgIpc) is 3.17. The fourth-order valence-electron chi connectivity index (χ4n) is 3.37. The van der Waals surface area contributed by atoms with E-state index in [-0.39, 0.29) is 22.7 Å². The number of nitrogens with two attached hydrogens (primary N) is 1. The van der Waals surface area contributed by atoms with Gasteiger partial charge in [-0.3, -0.25) is 9.69 Å². The Hall–Kier alpha value is -3.87. The molecule has 0 spiro atoms. The number of para-hydroxylation sites is 1. The van der Waals surface area contributed by atoms with Crippen LogP contribution in [-0.2, 0) is 4.79 Å². The highest BCUT2D eigenvalue weighted by atomic mass is 35.5. The van der Waals surface area contributed by atoms with E-state index in [0.717, 1.165) is 12.1 Å². The van der Waals surface area contributed by atoms with Crippen LogP contribution in [0, 0.1) is 0 Å². The van der Waals surface area contributed by atoms with E-state index >= 15 is 0 Å². The first kappa shape index (κ1) is 29.1. The number of amides is 1. The second-order valence-electron chi connectivity index (χ2n) is 8.05. The van der Waals surface area contributed by atoms with Gasteiger partial charge in [-0.2, -0.15) is 5.10 Å². The van der Waals surface area contributed by atoms with Crippen LogP contribution < -0.4 is 15.4 Å². The highest BCUT2D eigenvalue weighted by molar-refractivity contribution is 8.16. The molecule has 3 aromatic carbocycles. The van der Waals surface area contributed by atoms with Gasteiger partial charge in [0.2, 0.25) is 5.91 Å². The van der Waals surface area contributed by atoms with Crippen LogP contribution in [0.15, 0.2) is 86.9 Å². The molecule has 2 N–H and O–H groups in total. The molecule has 1 aliphatic heterocycles. The molecule has 0 aromatic heterocycles. The first-order valence-electron chi connectivity index (χ1n) is 11.4. The van der Waals surface area contributed by atoms with Crippen LogP contribution in [0.4, 0.5) is 24.5 Å². The Labute approximate surface area is 241 Å². The fraction of sp³-hybridized carbons (Fsp3) is 0.115. The minimum absolute atomic E-state index is 0.173. The maximum absolute atomic E-state index is 12.8. The molecule has 0 aliphatic carbocycles. The number of thioether (sulfide) groups is 1. The SMILES string of the molecule is CC1S/C(=N\N=C\c2ccc(C(N)=NC=Nc3ccc(OC(F)(F)F)cc3)cc2)N(c2c(Cl)cccc2Cl)C1=O. The topological polar surface area (TPSA) is 105 Å². The number of amidine groups is 2. The number of rotatable bonds is 7. The number of halogens is 5. The number of aliphatic imine (C=N–C) groups is 2. The summed E-state index contributed by atoms with van der Waals surface area (Å²) in [7, 11) is 0. The Bertz CT molecular complexity index is 1490. The molecule has 4 rings (SSSR count). The van der Waals surface area contributed by atoms with Gasteiger partial charge in [0, 0.05) is 5.56 Å². The van der Waals surface area contributed by atoms with Crippen LogP contribution >= 0.6 is 35.0 Å². The highest BCUT2D eigenvalue weighted by Gasteiger charge is 2.38. The van der Waals surface area contributed by atoms with E-state index in [1.807, 2.05) is 0 Å². The molecule has 8 nitrogen and oxygen atoms in total. The first-order chi connectivity index (χ1) is 19.0. The predicted octanol–water partition coefficient (Wildman–Crippen LogP) is 6.82. The lowest BCUT2D eigenvalue weighted by Crippen LogP contribution is -2.31. The van der Waals surface area contributed by atoms with Gasteiger partial charge in [0.15, 0.2) is 5.17 Å². The van der Waals surface area contributed by atoms with Crippen molar-refractivity contribution in [3.63, 3.8) is 0 Å². The number of benzene rings is 3. The Morgan fingerprint density at radius 2 is 1.70 bits per heavy atom. The van der Waals surface area contributed by atoms with Crippen molar-refractivity contribution >= 4 is 75.8 Å². The van der Waals surface area contributed by atoms with E-state index in [9.17, 15) is 18.0 Å². The van der Waals surface area contributed by atoms with Crippen molar-refractivity contribution in [3.8, 4) is 5.75 Å². The first-order valence-corrected chi connectivity index (χ1v) is 13.0. The van der Waals surface area contributed by atoms with Crippen LogP contribution in [0.1, 0.15) is 18.1 Å². The fourth-order valence-corrected chi connectivity index (χ4v) is 4.83. The average molecular weight is 607 g/mol. The summed E-state index contributed by atoms with van der Waals surface area (Å²) < 4.78 is 40.6. The summed E-state index contributed by atoms with van der Waals surface area (Å²) in [6, 6.07) is 16.9. The van der Waals surface area contributed by atoms with Crippen LogP contribution in [0.3, 0.4) is 0 Å². The standard InChI is InChI=1S/C26H19Cl2F3N6O2S/c1-15-24(38)37(22-20(27)3-2-4-21(22)28)25(40-15)36-35-13-16-5-7-17(8-6-16)23(32)34-14-33-18-9-11-19(12-10-18)39-26(29,30)31/h2-15H,1H3,(H2,32,33,34)/b35-13+,36-25-. The number of ether oxygens (including phenoxy) is 1. The minimum Gasteiger partial charge on any atom is -0.406 e. The molecule has 1 aliphatic rings. The van der Waals surface area contributed by atoms with E-state index in [2.05, 4.69) is 24.9 Å². The largest absolute Gasteiger partial charge is 0.573 e. The molecule has 0 saturated carbocycles. The summed E-state index contributed by atoms with van der Waals surface area (Å²) in [5, 5.41) is 8.94. The second-order valence-corrected chi connectivity index (χ2v) is 10.2. The normalized spacial score (nSPS) is 17.5. The van der Waals surface area contributed by atoms with E-state index in [1.54, 1.807) is 49.4 Å². The quantitative estimate of drug-likeness (QED) is 0.181. The Kier molecular flexibility index (Phi) is 9.13. The lowest BCUT2D eigenvalue weighted by molar-refractivity contribution is -0.274. The molecule has 206 valence electrons. The Morgan fingerprint density at radius 1 is 1.05 bits per heavy atom. The molecule has 3 aromatic rings. The maximum atomic E-state index is 12.8. The number of hydrogen-bond acceptors (Lipinski definition) is 6. The number of alkyl halides is 3. The van der Waals surface area contributed by atoms with Crippen LogP contribution in [0.25, 0.3) is 0 Å². The van der Waals surface area contributed by atoms with Crippen LogP contribution in [0.5, 0.6) is 5.75 Å². The maximum Gasteiger partial charge on any atom is 0.573 e. The summed E-state index contributed by atoms with van der Waals surface area (Å²) in [5.41, 5.74) is 8.04. The Balaban J connectivity index is 1.41. The van der Waals surface area contributed by atoms with Gasteiger partial charge in [0.05, 0.1) is 32.9 Å². The summed E-state index contributed by atoms with van der Waals surface area (Å²) in [5.74, 6) is -0.382. The molecule has 40 heavy (non-hydrogen) atoms. The number of nitrogens with zero attached hydrogens (tertiary/aromatic N) is 5. The third kappa shape index (κ3) is 7.40. The van der Waals surface area contributed by atoms with E-state index in [4.69, 9.17) is 28.9 Å². The number of anilines is 1. The third-order valence-corrected chi connectivity index (χ3v) is 6.87. The van der Waals surface area contributed by atoms with Gasteiger partial charge in [-0.05, 0) is 48.9 Å². The third-order valence-electron chi connectivity index (χ3n) is 5.23. The summed E-state index contributed by atoms with van der Waals surface area (Å²) in [4.78, 5) is 22.2. The minimum atomic E-state index is -4.76. The van der Waals surface area contributed by atoms with Crippen LogP contribution in [0.2, 0.25) is 10.0 Å². The van der Waals surface area contributed by atoms with Crippen molar-refractivity contribution in [2.45, 2.75) is 18.5 Å². The van der Waals surface area contributed by atoms with E-state index in [1.165, 1.54) is 41.3 Å². The molecule has 0 radical (unpaired) electrons. The van der Waals surface area contributed by atoms with Crippen molar-refractivity contribution in [3.05, 3.63) is 87.9 Å². The zero-order valence-corrected chi connectivity index (χ0v) is 22.8. The van der Waals surface area contributed by atoms with E-state index < -0.39 is 6.36 Å². The molecule has 1 saturated heterocycles. The lowest BCUT2D eigenvalue weighted by Gasteiger charge is -2.18. The smallest absolute Gasteiger partial charge is 0.406 e. The predicted molar refractivity (Wildman–Crippen MR) is 154 cm³/mol. The molecular formula is C26H19Cl2F3N6O2S. The Morgan fingerprint density at radius 3 is 2.33 bits per heavy atom. The van der Waals surface area contributed by atoms with E-state index in [0.29, 0.717) is 37.7 Å². The zero-order valence-electron chi connectivity index (χ0n) is 20.5. The number of carbonyl (C=O) groups excluding carboxylic acids is 1. The van der Waals surface area contributed by atoms with Crippen molar-refractivity contribution in [2.24, 2.45) is 25.9 Å². The molecule has 1 unspecified atom stereocenters. The second kappa shape index (κ2) is 12.5. The molecule has 1 fully saturated rings. The van der Waals surface area contributed by atoms with Gasteiger partial charge < -0.3 is 10.5 Å². The molecular weight excluding hydrogens is 588 g/mol. The molecule has 1 heterocycles. The molecule has 14 heteroatoms. The van der Waals surface area contributed by atoms with Gasteiger partial charge in [0.1, 0.15) is 17.9 Å². The lowest BCUT2D eigenvalue weighted by atomic mass is 10.1. The van der Waals surface area contributed by atoms with Gasteiger partial charge in [-0.15, -0.1) is 18.3 Å². The summed E-state index contributed by atoms with van der Waals surface area (Å²) in [6.07, 6.45) is -2.06. The summed E-state index contributed by atoms with van der Waals surface area (Å²) in [6.45, 7) is 1.76. The highest BCUT2D eigenvalue weighted by Crippen LogP contribution is 2.40. The monoisotopic (exact) mass is 606 g/mol. The molecule has 0 bridgehead atoms. The van der Waals surface area contributed by atoms with Crippen molar-refractivity contribution < 1.29 is 22.7 Å². The van der Waals surface area contributed by atoms with Gasteiger partial charge in [0.25, 0.3) is 0 Å². The number of carbonyl (C=O) groups is 1. The molecule has 1 amide bonds. The van der Waals surface area contributed by atoms with Gasteiger partial charge in [-0.25, -0.2) is 9.98 Å². The van der Waals surface area contributed by atoms with Gasteiger partial charge in [-0.1, -0.05) is 65.3 Å². The summed E-state index contributed by atoms with van der Waals surface area (Å²) >= 11 is 13.8. The van der Waals surface area contributed by atoms with Crippen molar-refractivity contribution in [1.82, 2.24) is 0 Å². The van der Waals surface area contributed by atoms with Crippen LogP contribution in [-0.4, -0.2) is 41.1 Å². The zero-order chi connectivity index (χ0) is 28.9. The van der Waals surface area contributed by atoms with Crippen molar-refractivity contribution in [2.75, 3.05) is 4.90 Å². The number of hydrogen-bond donors (Lipinski definition) is 1. The van der Waals surface area contributed by atoms with Gasteiger partial charge >= 0.3 is 6.36 Å². The molecule has 1 atom stereocenters.